The van der Waals surface area contributed by atoms with E-state index in [-0.39, 0.29) is 23.7 Å². The molecule has 0 amide bonds. The van der Waals surface area contributed by atoms with Gasteiger partial charge in [0, 0.05) is 12.6 Å². The highest BCUT2D eigenvalue weighted by atomic mass is 17.1. The Hall–Kier alpha value is -1.97. The highest BCUT2D eigenvalue weighted by Crippen LogP contribution is 2.17. The summed E-state index contributed by atoms with van der Waals surface area (Å²) in [6.45, 7) is 2.91. The fourth-order valence-electron chi connectivity index (χ4n) is 2.63. The number of ether oxygens (including phenoxy) is 1. The Morgan fingerprint density at radius 3 is 2.56 bits per heavy atom. The molecular weight excluding hydrogens is 328 g/mol. The van der Waals surface area contributed by atoms with E-state index in [1.807, 2.05) is 0 Å². The second-order valence-corrected chi connectivity index (χ2v) is 5.93. The third kappa shape index (κ3) is 7.63. The number of benzene rings is 1. The molecule has 1 aromatic rings. The minimum absolute atomic E-state index is 0.183. The van der Waals surface area contributed by atoms with Gasteiger partial charge in [-0.1, -0.05) is 12.1 Å². The van der Waals surface area contributed by atoms with Crippen molar-refractivity contribution in [3.63, 3.8) is 0 Å². The summed E-state index contributed by atoms with van der Waals surface area (Å²) in [6.07, 6.45) is 4.86. The fraction of sp³-hybridized carbons (Fsp3) is 0.471. The Kier molecular flexibility index (Phi) is 7.83. The minimum Gasteiger partial charge on any atom is -0.508 e. The van der Waals surface area contributed by atoms with E-state index in [1.165, 1.54) is 6.08 Å². The van der Waals surface area contributed by atoms with E-state index < -0.39 is 0 Å². The maximum Gasteiger partial charge on any atom is 0.330 e. The molecule has 0 spiro atoms. The van der Waals surface area contributed by atoms with Crippen molar-refractivity contribution in [2.45, 2.75) is 12.8 Å². The average Bonchev–Trinajstić information content (AvgIpc) is 2.60. The van der Waals surface area contributed by atoms with Gasteiger partial charge in [0.1, 0.15) is 5.75 Å². The first-order chi connectivity index (χ1) is 12.0. The van der Waals surface area contributed by atoms with Crippen molar-refractivity contribution in [3.8, 4) is 5.75 Å². The topological polar surface area (TPSA) is 103 Å². The van der Waals surface area contributed by atoms with Gasteiger partial charge in [-0.2, -0.15) is 0 Å². The molecule has 138 valence electrons. The molecule has 8 heteroatoms. The van der Waals surface area contributed by atoms with Gasteiger partial charge in [0.15, 0.2) is 0 Å². The van der Waals surface area contributed by atoms with Crippen LogP contribution in [0.15, 0.2) is 30.3 Å². The molecule has 25 heavy (non-hydrogen) atoms. The minimum atomic E-state index is -0.380. The summed E-state index contributed by atoms with van der Waals surface area (Å²) in [6, 6.07) is 6.54. The molecule has 0 saturated carbocycles. The second kappa shape index (κ2) is 10.1. The van der Waals surface area contributed by atoms with Crippen molar-refractivity contribution < 1.29 is 29.9 Å². The van der Waals surface area contributed by atoms with Crippen molar-refractivity contribution in [2.24, 2.45) is 5.92 Å². The summed E-state index contributed by atoms with van der Waals surface area (Å²) >= 11 is 0. The molecule has 2 rings (SSSR count). The number of nitrogens with zero attached hydrogens (tertiary/aromatic N) is 2. The van der Waals surface area contributed by atoms with Crippen LogP contribution in [-0.4, -0.2) is 64.6 Å². The molecule has 8 nitrogen and oxygen atoms in total. The van der Waals surface area contributed by atoms with Gasteiger partial charge in [-0.3, -0.25) is 10.4 Å². The number of likely N-dealkylation sites (tertiary alicyclic amines) is 1. The van der Waals surface area contributed by atoms with Crippen LogP contribution in [0.25, 0.3) is 6.08 Å². The predicted octanol–water partition coefficient (Wildman–Crippen LogP) is 1.67. The van der Waals surface area contributed by atoms with Gasteiger partial charge in [-0.15, -0.1) is 0 Å². The number of hydrogen-bond acceptors (Lipinski definition) is 8. The smallest absolute Gasteiger partial charge is 0.330 e. The zero-order chi connectivity index (χ0) is 18.1. The molecule has 0 radical (unpaired) electrons. The molecule has 0 atom stereocenters. The lowest BCUT2D eigenvalue weighted by Crippen LogP contribution is -2.38. The Balaban J connectivity index is 1.62. The van der Waals surface area contributed by atoms with Crippen LogP contribution in [0, 0.1) is 5.92 Å². The van der Waals surface area contributed by atoms with Crippen molar-refractivity contribution in [3.05, 3.63) is 35.9 Å². The molecule has 1 heterocycles. The lowest BCUT2D eigenvalue weighted by molar-refractivity contribution is -0.492. The number of aromatic hydroxyl groups is 1. The summed E-state index contributed by atoms with van der Waals surface area (Å²) in [5, 5.41) is 25.8. The van der Waals surface area contributed by atoms with E-state index in [0.29, 0.717) is 19.1 Å². The van der Waals surface area contributed by atoms with Crippen LogP contribution >= 0.6 is 0 Å². The van der Waals surface area contributed by atoms with Crippen LogP contribution < -0.4 is 0 Å². The van der Waals surface area contributed by atoms with Crippen LogP contribution in [0.5, 0.6) is 5.75 Å². The van der Waals surface area contributed by atoms with Crippen LogP contribution in [-0.2, 0) is 14.4 Å². The molecule has 1 aliphatic rings. The van der Waals surface area contributed by atoms with Crippen molar-refractivity contribution in [2.75, 3.05) is 32.8 Å². The number of hydrogen-bond donors (Lipinski definition) is 3. The predicted molar refractivity (Wildman–Crippen MR) is 88.6 cm³/mol. The number of phenolic OH excluding ortho intramolecular Hbond substituents is 1. The van der Waals surface area contributed by atoms with Gasteiger partial charge >= 0.3 is 5.97 Å². The summed E-state index contributed by atoms with van der Waals surface area (Å²) in [5.74, 6) is 0.132. The number of carbonyl (C=O) groups is 1. The summed E-state index contributed by atoms with van der Waals surface area (Å²) in [5.41, 5.74) is 0.814. The first-order valence-electron chi connectivity index (χ1n) is 8.20. The lowest BCUT2D eigenvalue weighted by Gasteiger charge is -2.31. The monoisotopic (exact) mass is 352 g/mol. The van der Waals surface area contributed by atoms with Gasteiger partial charge in [0.2, 0.25) is 0 Å². The first-order valence-corrected chi connectivity index (χ1v) is 8.20. The van der Waals surface area contributed by atoms with Crippen molar-refractivity contribution in [1.82, 2.24) is 10.3 Å². The normalized spacial score (nSPS) is 16.6. The number of rotatable bonds is 8. The zero-order valence-electron chi connectivity index (χ0n) is 14.0. The third-order valence-corrected chi connectivity index (χ3v) is 4.09. The Labute approximate surface area is 146 Å². The molecule has 1 fully saturated rings. The van der Waals surface area contributed by atoms with E-state index in [9.17, 15) is 9.90 Å². The highest BCUT2D eigenvalue weighted by molar-refractivity contribution is 5.87. The lowest BCUT2D eigenvalue weighted by atomic mass is 9.98. The van der Waals surface area contributed by atoms with Crippen molar-refractivity contribution in [1.29, 1.82) is 0 Å². The average molecular weight is 352 g/mol. The van der Waals surface area contributed by atoms with Crippen LogP contribution in [0.4, 0.5) is 0 Å². The molecular formula is C17H24N2O6. The van der Waals surface area contributed by atoms with E-state index in [1.54, 1.807) is 30.3 Å². The van der Waals surface area contributed by atoms with E-state index in [4.69, 9.17) is 15.2 Å². The van der Waals surface area contributed by atoms with Crippen molar-refractivity contribution >= 4 is 12.0 Å². The Morgan fingerprint density at radius 2 is 1.92 bits per heavy atom. The van der Waals surface area contributed by atoms with Gasteiger partial charge in [0.25, 0.3) is 0 Å². The molecule has 0 aromatic heterocycles. The van der Waals surface area contributed by atoms with Gasteiger partial charge in [-0.25, -0.2) is 9.63 Å². The highest BCUT2D eigenvalue weighted by Gasteiger charge is 2.20. The number of phenols is 1. The summed E-state index contributed by atoms with van der Waals surface area (Å²) in [7, 11) is 0. The van der Waals surface area contributed by atoms with Gasteiger partial charge in [-0.05, 0) is 55.6 Å². The van der Waals surface area contributed by atoms with E-state index in [2.05, 4.69) is 9.74 Å². The third-order valence-electron chi connectivity index (χ3n) is 4.09. The van der Waals surface area contributed by atoms with E-state index in [0.717, 1.165) is 31.5 Å². The van der Waals surface area contributed by atoms with Crippen LogP contribution in [0.2, 0.25) is 0 Å². The first kappa shape index (κ1) is 19.4. The Bertz CT molecular complexity index is 553. The molecule has 3 N–H and O–H groups in total. The molecule has 1 aliphatic heterocycles. The summed E-state index contributed by atoms with van der Waals surface area (Å²) in [4.78, 5) is 18.4. The number of carbonyl (C=O) groups excluding carboxylic acids is 1. The maximum absolute atomic E-state index is 11.8. The van der Waals surface area contributed by atoms with Gasteiger partial charge < -0.3 is 14.7 Å². The molecule has 0 bridgehead atoms. The van der Waals surface area contributed by atoms with Gasteiger partial charge in [0.05, 0.1) is 18.6 Å². The molecule has 1 aromatic carbocycles. The van der Waals surface area contributed by atoms with Crippen LogP contribution in [0.3, 0.4) is 0 Å². The SMILES string of the molecule is O=C(/C=C/c1ccc(O)cc1)OCC1CCN(CCON(O)O)CC1. The largest absolute Gasteiger partial charge is 0.508 e. The number of piperidine rings is 1. The quantitative estimate of drug-likeness (QED) is 0.369. The molecule has 1 saturated heterocycles. The zero-order valence-corrected chi connectivity index (χ0v) is 14.0. The molecule has 0 aliphatic carbocycles. The van der Waals surface area contributed by atoms with Crippen LogP contribution in [0.1, 0.15) is 18.4 Å². The second-order valence-electron chi connectivity index (χ2n) is 5.93. The standard InChI is InChI=1S/C17H24N2O6/c20-16-4-1-14(2-5-16)3-6-17(21)24-13-15-7-9-18(10-8-15)11-12-25-19(22)23/h1-6,15,20,22-23H,7-13H2/b6-3+. The van der Waals surface area contributed by atoms with E-state index >= 15 is 0 Å². The maximum atomic E-state index is 11.8. The fourth-order valence-corrected chi connectivity index (χ4v) is 2.63. The molecule has 0 unspecified atom stereocenters. The Morgan fingerprint density at radius 1 is 1.24 bits per heavy atom. The summed E-state index contributed by atoms with van der Waals surface area (Å²) < 4.78 is 5.28. The number of esters is 1.